The monoisotopic (exact) mass is 582 g/mol. The number of ether oxygens (including phenoxy) is 2. The van der Waals surface area contributed by atoms with E-state index in [1.54, 1.807) is 0 Å². The third-order valence-electron chi connectivity index (χ3n) is 7.87. The van der Waals surface area contributed by atoms with Crippen LogP contribution in [0.4, 0.5) is 0 Å². The van der Waals surface area contributed by atoms with Gasteiger partial charge in [-0.05, 0) is 34.7 Å². The summed E-state index contributed by atoms with van der Waals surface area (Å²) in [5, 5.41) is 2.49. The molecule has 0 heterocycles. The van der Waals surface area contributed by atoms with Crippen molar-refractivity contribution >= 4 is 25.0 Å². The molecule has 0 spiro atoms. The Morgan fingerprint density at radius 2 is 1.10 bits per heavy atom. The highest BCUT2D eigenvalue weighted by Crippen LogP contribution is 2.37. The van der Waals surface area contributed by atoms with E-state index >= 15 is 0 Å². The predicted molar refractivity (Wildman–Crippen MR) is 176 cm³/mol. The number of hydrogen-bond acceptors (Lipinski definition) is 4. The lowest BCUT2D eigenvalue weighted by Gasteiger charge is -2.45. The van der Waals surface area contributed by atoms with Crippen molar-refractivity contribution in [3.05, 3.63) is 60.7 Å². The zero-order valence-electron chi connectivity index (χ0n) is 26.6. The second-order valence-corrected chi connectivity index (χ2v) is 16.7. The zero-order chi connectivity index (χ0) is 29.7. The minimum absolute atomic E-state index is 0.0862. The first-order chi connectivity index (χ1) is 20.0. The van der Waals surface area contributed by atoms with Crippen LogP contribution in [-0.4, -0.2) is 47.1 Å². The molecule has 0 saturated carbocycles. The molecular formula is C36H58O4Si. The molecule has 1 unspecified atom stereocenters. The molecule has 2 rings (SSSR count). The molecule has 2 aromatic carbocycles. The summed E-state index contributed by atoms with van der Waals surface area (Å²) >= 11 is 0. The van der Waals surface area contributed by atoms with E-state index < -0.39 is 8.32 Å². The second kappa shape index (κ2) is 21.0. The SMILES string of the molecule is CCCCCCCCOCC(COCCCCCCCCC=O)O[Si](c1ccccc1)(c1ccccc1)C(C)(C)C. The van der Waals surface area contributed by atoms with E-state index in [1.807, 2.05) is 0 Å². The first-order valence-electron chi connectivity index (χ1n) is 16.3. The minimum Gasteiger partial charge on any atom is -0.400 e. The van der Waals surface area contributed by atoms with Gasteiger partial charge >= 0.3 is 0 Å². The van der Waals surface area contributed by atoms with E-state index in [0.29, 0.717) is 19.6 Å². The molecule has 0 saturated heterocycles. The summed E-state index contributed by atoms with van der Waals surface area (Å²) in [6.07, 6.45) is 15.9. The van der Waals surface area contributed by atoms with Gasteiger partial charge in [0.1, 0.15) is 6.29 Å². The lowest BCUT2D eigenvalue weighted by Crippen LogP contribution is -2.68. The fraction of sp³-hybridized carbons (Fsp3) is 0.639. The van der Waals surface area contributed by atoms with E-state index in [1.165, 1.54) is 55.3 Å². The van der Waals surface area contributed by atoms with Gasteiger partial charge in [-0.25, -0.2) is 0 Å². The smallest absolute Gasteiger partial charge is 0.261 e. The fourth-order valence-corrected chi connectivity index (χ4v) is 10.3. The zero-order valence-corrected chi connectivity index (χ0v) is 27.6. The van der Waals surface area contributed by atoms with Gasteiger partial charge in [0.15, 0.2) is 0 Å². The van der Waals surface area contributed by atoms with Crippen LogP contribution in [0.2, 0.25) is 5.04 Å². The van der Waals surface area contributed by atoms with Gasteiger partial charge in [0.05, 0.1) is 19.3 Å². The average molecular weight is 583 g/mol. The van der Waals surface area contributed by atoms with Crippen LogP contribution in [0.1, 0.15) is 111 Å². The Morgan fingerprint density at radius 1 is 0.659 bits per heavy atom. The van der Waals surface area contributed by atoms with Gasteiger partial charge in [-0.2, -0.15) is 0 Å². The van der Waals surface area contributed by atoms with Gasteiger partial charge in [-0.3, -0.25) is 0 Å². The van der Waals surface area contributed by atoms with Gasteiger partial charge in [0.2, 0.25) is 0 Å². The summed E-state index contributed by atoms with van der Waals surface area (Å²) in [6.45, 7) is 11.8. The van der Waals surface area contributed by atoms with Crippen LogP contribution in [0.5, 0.6) is 0 Å². The van der Waals surface area contributed by atoms with E-state index in [0.717, 1.165) is 51.6 Å². The second-order valence-electron chi connectivity index (χ2n) is 12.4. The summed E-state index contributed by atoms with van der Waals surface area (Å²) in [6, 6.07) is 21.7. The fourth-order valence-electron chi connectivity index (χ4n) is 5.61. The number of rotatable bonds is 24. The molecule has 0 radical (unpaired) electrons. The molecule has 230 valence electrons. The van der Waals surface area contributed by atoms with Crippen LogP contribution in [0.15, 0.2) is 60.7 Å². The van der Waals surface area contributed by atoms with Gasteiger partial charge in [0.25, 0.3) is 8.32 Å². The highest BCUT2D eigenvalue weighted by atomic mass is 28.4. The first-order valence-corrected chi connectivity index (χ1v) is 18.2. The molecule has 0 bridgehead atoms. The average Bonchev–Trinajstić information content (AvgIpc) is 2.98. The maximum atomic E-state index is 10.5. The molecule has 1 atom stereocenters. The molecule has 0 aliphatic heterocycles. The van der Waals surface area contributed by atoms with E-state index in [-0.39, 0.29) is 11.1 Å². The Hall–Kier alpha value is -1.79. The highest BCUT2D eigenvalue weighted by Gasteiger charge is 2.51. The summed E-state index contributed by atoms with van der Waals surface area (Å²) < 4.78 is 19.9. The molecule has 4 nitrogen and oxygen atoms in total. The maximum absolute atomic E-state index is 10.5. The van der Waals surface area contributed by atoms with Crippen LogP contribution >= 0.6 is 0 Å². The number of benzene rings is 2. The largest absolute Gasteiger partial charge is 0.400 e. The normalized spacial score (nSPS) is 12.9. The number of aldehydes is 1. The lowest BCUT2D eigenvalue weighted by atomic mass is 10.1. The minimum atomic E-state index is -2.68. The molecule has 5 heteroatoms. The van der Waals surface area contributed by atoms with Crippen LogP contribution in [0.25, 0.3) is 0 Å². The number of hydrogen-bond donors (Lipinski definition) is 0. The Balaban J connectivity index is 2.09. The molecule has 0 aliphatic carbocycles. The number of carbonyl (C=O) groups is 1. The van der Waals surface area contributed by atoms with Gasteiger partial charge in [-0.15, -0.1) is 0 Å². The van der Waals surface area contributed by atoms with Crippen molar-refractivity contribution in [2.45, 2.75) is 122 Å². The van der Waals surface area contributed by atoms with E-state index in [9.17, 15) is 4.79 Å². The topological polar surface area (TPSA) is 44.8 Å². The molecule has 0 aromatic heterocycles. The summed E-state index contributed by atoms with van der Waals surface area (Å²) in [7, 11) is -2.68. The predicted octanol–water partition coefficient (Wildman–Crippen LogP) is 8.25. The molecule has 0 fully saturated rings. The van der Waals surface area contributed by atoms with Gasteiger partial charge in [0, 0.05) is 19.6 Å². The molecular weight excluding hydrogens is 524 g/mol. The van der Waals surface area contributed by atoms with Crippen LogP contribution < -0.4 is 10.4 Å². The van der Waals surface area contributed by atoms with Crippen molar-refractivity contribution in [2.75, 3.05) is 26.4 Å². The van der Waals surface area contributed by atoms with Crippen LogP contribution in [0.3, 0.4) is 0 Å². The quantitative estimate of drug-likeness (QED) is 0.0710. The maximum Gasteiger partial charge on any atom is 0.261 e. The standard InChI is InChI=1S/C36H58O4Si/c1-5-6-7-8-13-22-29-38-31-33(32-39-30-23-14-11-9-10-12-21-28-37)40-41(36(2,3)4,34-24-17-15-18-25-34)35-26-19-16-20-27-35/h15-20,24-28,33H,5-14,21-23,29-32H2,1-4H3. The first kappa shape index (κ1) is 35.4. The molecule has 2 aromatic rings. The van der Waals surface area contributed by atoms with Crippen molar-refractivity contribution in [2.24, 2.45) is 0 Å². The molecule has 0 amide bonds. The lowest BCUT2D eigenvalue weighted by molar-refractivity contribution is -0.107. The third-order valence-corrected chi connectivity index (χ3v) is 13.0. The van der Waals surface area contributed by atoms with Crippen molar-refractivity contribution in [1.82, 2.24) is 0 Å². The summed E-state index contributed by atoms with van der Waals surface area (Å²) in [5.74, 6) is 0. The Kier molecular flexibility index (Phi) is 18.1. The van der Waals surface area contributed by atoms with Crippen molar-refractivity contribution in [3.63, 3.8) is 0 Å². The summed E-state index contributed by atoms with van der Waals surface area (Å²) in [4.78, 5) is 10.5. The van der Waals surface area contributed by atoms with Crippen LogP contribution in [-0.2, 0) is 18.7 Å². The van der Waals surface area contributed by atoms with Crippen molar-refractivity contribution in [3.8, 4) is 0 Å². The Bertz CT molecular complexity index is 857. The van der Waals surface area contributed by atoms with Crippen molar-refractivity contribution in [1.29, 1.82) is 0 Å². The molecule has 0 aliphatic rings. The van der Waals surface area contributed by atoms with Gasteiger partial charge < -0.3 is 18.7 Å². The number of unbranched alkanes of at least 4 members (excludes halogenated alkanes) is 11. The highest BCUT2D eigenvalue weighted by molar-refractivity contribution is 6.99. The number of carbonyl (C=O) groups excluding carboxylic acids is 1. The summed E-state index contributed by atoms with van der Waals surface area (Å²) in [5.41, 5.74) is 0. The van der Waals surface area contributed by atoms with Gasteiger partial charge in [-0.1, -0.05) is 146 Å². The van der Waals surface area contributed by atoms with Crippen LogP contribution in [0, 0.1) is 0 Å². The Morgan fingerprint density at radius 3 is 1.54 bits per heavy atom. The molecule has 41 heavy (non-hydrogen) atoms. The van der Waals surface area contributed by atoms with E-state index in [4.69, 9.17) is 13.9 Å². The van der Waals surface area contributed by atoms with E-state index in [2.05, 4.69) is 88.4 Å². The molecule has 0 N–H and O–H groups in total. The Labute approximate surface area is 252 Å². The van der Waals surface area contributed by atoms with Crippen molar-refractivity contribution < 1.29 is 18.7 Å². The third kappa shape index (κ3) is 12.9.